The highest BCUT2D eigenvalue weighted by Crippen LogP contribution is 2.28. The van der Waals surface area contributed by atoms with Gasteiger partial charge in [-0.25, -0.2) is 0 Å². The summed E-state index contributed by atoms with van der Waals surface area (Å²) < 4.78 is 10.4. The van der Waals surface area contributed by atoms with Crippen LogP contribution in [-0.2, 0) is 0 Å². The van der Waals surface area contributed by atoms with E-state index in [1.165, 1.54) is 18.1 Å². The molecule has 0 fully saturated rings. The molecule has 0 saturated heterocycles. The number of ether oxygens (including phenoxy) is 2. The van der Waals surface area contributed by atoms with Crippen molar-refractivity contribution in [3.05, 3.63) is 59.7 Å². The number of allylic oxidation sites excluding steroid dienone is 1. The number of amides is 1. The van der Waals surface area contributed by atoms with Crippen LogP contribution < -0.4 is 9.47 Å². The molecule has 0 bridgehead atoms. The van der Waals surface area contributed by atoms with Gasteiger partial charge in [0.05, 0.1) is 14.2 Å². The van der Waals surface area contributed by atoms with E-state index in [4.69, 9.17) is 9.47 Å². The van der Waals surface area contributed by atoms with Gasteiger partial charge in [0.25, 0.3) is 5.24 Å². The summed E-state index contributed by atoms with van der Waals surface area (Å²) in [6, 6.07) is 12.5. The van der Waals surface area contributed by atoms with Crippen LogP contribution in [0.15, 0.2) is 53.4 Å². The number of thioether (sulfide) groups is 1. The molecule has 136 valence electrons. The normalized spacial score (nSPS) is 10.6. The van der Waals surface area contributed by atoms with E-state index in [-0.39, 0.29) is 11.0 Å². The van der Waals surface area contributed by atoms with Gasteiger partial charge in [-0.05, 0) is 53.7 Å². The molecule has 0 aliphatic heterocycles. The van der Waals surface area contributed by atoms with Gasteiger partial charge >= 0.3 is 0 Å². The fourth-order valence-corrected chi connectivity index (χ4v) is 2.86. The van der Waals surface area contributed by atoms with Crippen LogP contribution in [0.4, 0.5) is 4.79 Å². The van der Waals surface area contributed by atoms with Crippen molar-refractivity contribution < 1.29 is 19.1 Å². The first-order chi connectivity index (χ1) is 12.4. The Hall–Kier alpha value is -2.73. The molecular weight excluding hydrogens is 350 g/mol. The summed E-state index contributed by atoms with van der Waals surface area (Å²) in [6.07, 6.45) is 3.22. The fourth-order valence-electron chi connectivity index (χ4n) is 2.13. The quantitative estimate of drug-likeness (QED) is 0.429. The van der Waals surface area contributed by atoms with Crippen molar-refractivity contribution in [3.63, 3.8) is 0 Å². The highest BCUT2D eigenvalue weighted by atomic mass is 32.2. The Labute approximate surface area is 157 Å². The van der Waals surface area contributed by atoms with Crippen molar-refractivity contribution in [1.29, 1.82) is 0 Å². The van der Waals surface area contributed by atoms with Gasteiger partial charge in [0.15, 0.2) is 17.3 Å². The molecule has 0 atom stereocenters. The number of ketones is 1. The molecule has 0 unspecified atom stereocenters. The van der Waals surface area contributed by atoms with E-state index in [0.29, 0.717) is 17.1 Å². The zero-order chi connectivity index (χ0) is 19.1. The average molecular weight is 371 g/mol. The number of rotatable bonds is 6. The van der Waals surface area contributed by atoms with Crippen molar-refractivity contribution in [3.8, 4) is 11.5 Å². The minimum Gasteiger partial charge on any atom is -0.493 e. The maximum absolute atomic E-state index is 12.4. The monoisotopic (exact) mass is 371 g/mol. The van der Waals surface area contributed by atoms with Gasteiger partial charge in [0.1, 0.15) is 0 Å². The second kappa shape index (κ2) is 9.10. The summed E-state index contributed by atoms with van der Waals surface area (Å²) in [5, 5.41) is -0.0486. The molecule has 2 aromatic rings. The minimum absolute atomic E-state index is 0.0486. The van der Waals surface area contributed by atoms with E-state index < -0.39 is 0 Å². The second-order valence-corrected chi connectivity index (χ2v) is 6.63. The van der Waals surface area contributed by atoms with Gasteiger partial charge in [0, 0.05) is 24.6 Å². The predicted octanol–water partition coefficient (Wildman–Crippen LogP) is 4.37. The van der Waals surface area contributed by atoms with Gasteiger partial charge in [-0.15, -0.1) is 0 Å². The first-order valence-electron chi connectivity index (χ1n) is 7.88. The number of carbonyl (C=O) groups is 2. The topological polar surface area (TPSA) is 55.8 Å². The third kappa shape index (κ3) is 5.13. The Morgan fingerprint density at radius 2 is 1.73 bits per heavy atom. The lowest BCUT2D eigenvalue weighted by Crippen LogP contribution is -2.15. The smallest absolute Gasteiger partial charge is 0.285 e. The molecule has 0 saturated carbocycles. The van der Waals surface area contributed by atoms with Gasteiger partial charge in [-0.3, -0.25) is 9.59 Å². The highest BCUT2D eigenvalue weighted by Gasteiger charge is 2.09. The highest BCUT2D eigenvalue weighted by molar-refractivity contribution is 8.13. The summed E-state index contributed by atoms with van der Waals surface area (Å²) in [7, 11) is 6.49. The maximum atomic E-state index is 12.4. The Balaban J connectivity index is 2.14. The van der Waals surface area contributed by atoms with E-state index in [2.05, 4.69) is 0 Å². The van der Waals surface area contributed by atoms with Crippen LogP contribution in [0.25, 0.3) is 6.08 Å². The Morgan fingerprint density at radius 1 is 1.00 bits per heavy atom. The van der Waals surface area contributed by atoms with Gasteiger partial charge in [0.2, 0.25) is 0 Å². The van der Waals surface area contributed by atoms with Crippen molar-refractivity contribution in [1.82, 2.24) is 4.90 Å². The average Bonchev–Trinajstić information content (AvgIpc) is 2.65. The van der Waals surface area contributed by atoms with Crippen LogP contribution in [-0.4, -0.2) is 44.2 Å². The van der Waals surface area contributed by atoms with Crippen molar-refractivity contribution in [2.45, 2.75) is 4.90 Å². The summed E-state index contributed by atoms with van der Waals surface area (Å²) >= 11 is 1.14. The Bertz CT molecular complexity index is 830. The van der Waals surface area contributed by atoms with Crippen LogP contribution in [0.1, 0.15) is 15.9 Å². The summed E-state index contributed by atoms with van der Waals surface area (Å²) in [4.78, 5) is 26.5. The van der Waals surface area contributed by atoms with Gasteiger partial charge in [-0.2, -0.15) is 0 Å². The molecule has 6 heteroatoms. The standard InChI is InChI=1S/C20H21NO4S/c1-21(2)20(23)26-16-7-5-6-14(12-16)8-10-17(22)15-9-11-18(24-3)19(13-15)25-4/h5-13H,1-4H3/b10-8+. The molecule has 2 rings (SSSR count). The third-order valence-electron chi connectivity index (χ3n) is 3.52. The number of hydrogen-bond acceptors (Lipinski definition) is 5. The zero-order valence-corrected chi connectivity index (χ0v) is 16.0. The first kappa shape index (κ1) is 19.6. The van der Waals surface area contributed by atoms with E-state index in [9.17, 15) is 9.59 Å². The molecule has 2 aromatic carbocycles. The largest absolute Gasteiger partial charge is 0.493 e. The number of benzene rings is 2. The maximum Gasteiger partial charge on any atom is 0.285 e. The van der Waals surface area contributed by atoms with E-state index in [1.807, 2.05) is 24.3 Å². The summed E-state index contributed by atoms with van der Waals surface area (Å²) in [6.45, 7) is 0. The number of nitrogens with zero attached hydrogens (tertiary/aromatic N) is 1. The van der Waals surface area contributed by atoms with Crippen LogP contribution in [0.3, 0.4) is 0 Å². The molecule has 0 aromatic heterocycles. The van der Waals surface area contributed by atoms with Crippen LogP contribution in [0, 0.1) is 0 Å². The van der Waals surface area contributed by atoms with E-state index in [0.717, 1.165) is 22.2 Å². The molecule has 0 spiro atoms. The molecule has 5 nitrogen and oxygen atoms in total. The molecule has 0 radical (unpaired) electrons. The summed E-state index contributed by atoms with van der Waals surface area (Å²) in [5.74, 6) is 0.934. The molecule has 0 heterocycles. The predicted molar refractivity (Wildman–Crippen MR) is 104 cm³/mol. The van der Waals surface area contributed by atoms with Crippen molar-refractivity contribution in [2.75, 3.05) is 28.3 Å². The summed E-state index contributed by atoms with van der Waals surface area (Å²) in [5.41, 5.74) is 1.35. The number of carbonyl (C=O) groups excluding carboxylic acids is 2. The zero-order valence-electron chi connectivity index (χ0n) is 15.2. The molecular formula is C20H21NO4S. The lowest BCUT2D eigenvalue weighted by Gasteiger charge is -2.09. The van der Waals surface area contributed by atoms with E-state index >= 15 is 0 Å². The molecule has 0 N–H and O–H groups in total. The Morgan fingerprint density at radius 3 is 2.38 bits per heavy atom. The lowest BCUT2D eigenvalue weighted by atomic mass is 10.1. The van der Waals surface area contributed by atoms with Gasteiger partial charge in [-0.1, -0.05) is 18.2 Å². The van der Waals surface area contributed by atoms with Crippen molar-refractivity contribution >= 4 is 28.9 Å². The van der Waals surface area contributed by atoms with Crippen LogP contribution in [0.5, 0.6) is 11.5 Å². The van der Waals surface area contributed by atoms with Crippen LogP contribution in [0.2, 0.25) is 0 Å². The SMILES string of the molecule is COc1ccc(C(=O)/C=C/c2cccc(SC(=O)N(C)C)c2)cc1OC. The number of methoxy groups -OCH3 is 2. The first-order valence-corrected chi connectivity index (χ1v) is 8.70. The van der Waals surface area contributed by atoms with Gasteiger partial charge < -0.3 is 14.4 Å². The molecule has 26 heavy (non-hydrogen) atoms. The fraction of sp³-hybridized carbons (Fsp3) is 0.200. The lowest BCUT2D eigenvalue weighted by molar-refractivity contribution is 0.104. The molecule has 1 amide bonds. The van der Waals surface area contributed by atoms with Crippen LogP contribution >= 0.6 is 11.8 Å². The number of hydrogen-bond donors (Lipinski definition) is 0. The molecule has 0 aliphatic rings. The third-order valence-corrected chi connectivity index (χ3v) is 4.55. The Kier molecular flexibility index (Phi) is 6.86. The van der Waals surface area contributed by atoms with Crippen molar-refractivity contribution in [2.24, 2.45) is 0 Å². The molecule has 0 aliphatic carbocycles. The van der Waals surface area contributed by atoms with E-state index in [1.54, 1.807) is 45.5 Å². The second-order valence-electron chi connectivity index (χ2n) is 5.60. The minimum atomic E-state index is -0.145.